The third kappa shape index (κ3) is 3.26. The lowest BCUT2D eigenvalue weighted by Gasteiger charge is -2.25. The third-order valence-corrected chi connectivity index (χ3v) is 3.74. The van der Waals surface area contributed by atoms with Crippen LogP contribution < -0.4 is 4.90 Å². The summed E-state index contributed by atoms with van der Waals surface area (Å²) in [6.07, 6.45) is -2.94. The summed E-state index contributed by atoms with van der Waals surface area (Å²) in [5.41, 5.74) is -0.347. The molecular formula is C15H13F4N3O. The van der Waals surface area contributed by atoms with Gasteiger partial charge in [0.05, 0.1) is 30.1 Å². The zero-order valence-electron chi connectivity index (χ0n) is 11.8. The monoisotopic (exact) mass is 327 g/mol. The number of aliphatic hydroxyl groups is 1. The molecule has 0 spiro atoms. The number of halogens is 4. The fourth-order valence-electron chi connectivity index (χ4n) is 2.73. The molecule has 0 amide bonds. The smallest absolute Gasteiger partial charge is 0.391 e. The quantitative estimate of drug-likeness (QED) is 0.862. The van der Waals surface area contributed by atoms with Crippen LogP contribution in [0.1, 0.15) is 23.6 Å². The van der Waals surface area contributed by atoms with Crippen molar-refractivity contribution in [3.8, 4) is 0 Å². The highest BCUT2D eigenvalue weighted by Crippen LogP contribution is 2.37. The van der Waals surface area contributed by atoms with Crippen LogP contribution in [0.5, 0.6) is 0 Å². The van der Waals surface area contributed by atoms with Crippen molar-refractivity contribution in [2.75, 3.05) is 11.4 Å². The molecule has 2 heterocycles. The molecule has 3 rings (SSSR count). The topological polar surface area (TPSA) is 49.2 Å². The Kier molecular flexibility index (Phi) is 3.93. The fraction of sp³-hybridized carbons (Fsp3) is 0.333. The minimum Gasteiger partial charge on any atom is -0.391 e. The Morgan fingerprint density at radius 3 is 2.52 bits per heavy atom. The third-order valence-electron chi connectivity index (χ3n) is 3.74. The Bertz CT molecular complexity index is 690. The van der Waals surface area contributed by atoms with Crippen LogP contribution in [-0.4, -0.2) is 27.7 Å². The lowest BCUT2D eigenvalue weighted by molar-refractivity contribution is -0.137. The number of benzene rings is 1. The van der Waals surface area contributed by atoms with Gasteiger partial charge in [0.25, 0.3) is 0 Å². The molecule has 2 aromatic rings. The maximum absolute atomic E-state index is 12.9. The van der Waals surface area contributed by atoms with Crippen LogP contribution in [0, 0.1) is 5.82 Å². The van der Waals surface area contributed by atoms with Gasteiger partial charge >= 0.3 is 6.18 Å². The summed E-state index contributed by atoms with van der Waals surface area (Å²) in [7, 11) is 0. The molecule has 0 aliphatic carbocycles. The molecule has 1 aromatic heterocycles. The minimum absolute atomic E-state index is 0.172. The highest BCUT2D eigenvalue weighted by molar-refractivity contribution is 5.40. The summed E-state index contributed by atoms with van der Waals surface area (Å²) < 4.78 is 51.5. The van der Waals surface area contributed by atoms with E-state index in [9.17, 15) is 22.7 Å². The molecule has 8 heteroatoms. The van der Waals surface area contributed by atoms with Crippen LogP contribution in [0.2, 0.25) is 0 Å². The van der Waals surface area contributed by atoms with E-state index < -0.39 is 29.7 Å². The Morgan fingerprint density at radius 2 is 1.87 bits per heavy atom. The lowest BCUT2D eigenvalue weighted by atomic mass is 10.0. The summed E-state index contributed by atoms with van der Waals surface area (Å²) in [4.78, 5) is 9.28. The molecule has 1 aliphatic rings. The Labute approximate surface area is 129 Å². The Hall–Kier alpha value is -2.22. The number of β-amino-alcohol motifs (C(OH)–C–C–N with tert-alkyl or cyclic N) is 1. The van der Waals surface area contributed by atoms with E-state index in [1.54, 1.807) is 11.0 Å². The van der Waals surface area contributed by atoms with Crippen molar-refractivity contribution < 1.29 is 22.7 Å². The predicted molar refractivity (Wildman–Crippen MR) is 74.1 cm³/mol. The van der Waals surface area contributed by atoms with Gasteiger partial charge in [0, 0.05) is 6.54 Å². The highest BCUT2D eigenvalue weighted by Gasteiger charge is 2.36. The first kappa shape index (κ1) is 15.7. The van der Waals surface area contributed by atoms with Crippen LogP contribution >= 0.6 is 0 Å². The Morgan fingerprint density at radius 1 is 1.17 bits per heavy atom. The second-order valence-electron chi connectivity index (χ2n) is 5.38. The molecule has 4 nitrogen and oxygen atoms in total. The SMILES string of the molecule is O[C@@H]1C[C@@H](c2cccc(C(F)(F)F)c2)N(c2ncc(F)cn2)C1. The number of aromatic nitrogens is 2. The first-order valence-corrected chi connectivity index (χ1v) is 6.94. The number of aliphatic hydroxyl groups excluding tert-OH is 1. The standard InChI is InChI=1S/C15H13F4N3O/c16-11-6-20-14(21-7-11)22-8-12(23)5-13(22)9-2-1-3-10(4-9)15(17,18)19/h1-4,6-7,12-13,23H,5,8H2/t12-,13+/m1/s1. The van der Waals surface area contributed by atoms with E-state index in [-0.39, 0.29) is 18.9 Å². The van der Waals surface area contributed by atoms with Crippen molar-refractivity contribution in [2.45, 2.75) is 24.7 Å². The van der Waals surface area contributed by atoms with E-state index in [1.165, 1.54) is 6.07 Å². The summed E-state index contributed by atoms with van der Waals surface area (Å²) in [5, 5.41) is 9.88. The number of alkyl halides is 3. The predicted octanol–water partition coefficient (Wildman–Crippen LogP) is 2.95. The zero-order valence-corrected chi connectivity index (χ0v) is 11.8. The summed E-state index contributed by atoms with van der Waals surface area (Å²) in [6, 6.07) is 4.44. The van der Waals surface area contributed by atoms with Gasteiger partial charge in [-0.15, -0.1) is 0 Å². The van der Waals surface area contributed by atoms with Crippen molar-refractivity contribution in [1.29, 1.82) is 0 Å². The largest absolute Gasteiger partial charge is 0.416 e. The summed E-state index contributed by atoms with van der Waals surface area (Å²) in [5.74, 6) is -0.436. The number of hydrogen-bond donors (Lipinski definition) is 1. The number of anilines is 1. The van der Waals surface area contributed by atoms with Crippen LogP contribution in [0.4, 0.5) is 23.5 Å². The molecule has 2 atom stereocenters. The molecule has 0 bridgehead atoms. The molecule has 1 N–H and O–H groups in total. The van der Waals surface area contributed by atoms with Gasteiger partial charge in [-0.3, -0.25) is 0 Å². The van der Waals surface area contributed by atoms with Crippen molar-refractivity contribution in [3.05, 3.63) is 53.6 Å². The zero-order chi connectivity index (χ0) is 16.6. The molecule has 1 aliphatic heterocycles. The minimum atomic E-state index is -4.44. The van der Waals surface area contributed by atoms with Gasteiger partial charge in [0.1, 0.15) is 0 Å². The van der Waals surface area contributed by atoms with Gasteiger partial charge in [0.2, 0.25) is 5.95 Å². The van der Waals surface area contributed by atoms with Crippen molar-refractivity contribution in [1.82, 2.24) is 9.97 Å². The molecule has 0 unspecified atom stereocenters. The summed E-state index contributed by atoms with van der Waals surface area (Å²) in [6.45, 7) is 0.173. The van der Waals surface area contributed by atoms with E-state index >= 15 is 0 Å². The number of nitrogens with zero attached hydrogens (tertiary/aromatic N) is 3. The van der Waals surface area contributed by atoms with Gasteiger partial charge in [-0.2, -0.15) is 13.2 Å². The van der Waals surface area contributed by atoms with Gasteiger partial charge in [0.15, 0.2) is 5.82 Å². The fourth-order valence-corrected chi connectivity index (χ4v) is 2.73. The molecule has 0 saturated carbocycles. The second-order valence-corrected chi connectivity index (χ2v) is 5.38. The lowest BCUT2D eigenvalue weighted by Crippen LogP contribution is -2.26. The van der Waals surface area contributed by atoms with Crippen molar-refractivity contribution in [2.24, 2.45) is 0 Å². The summed E-state index contributed by atoms with van der Waals surface area (Å²) >= 11 is 0. The van der Waals surface area contributed by atoms with Gasteiger partial charge in [-0.25, -0.2) is 14.4 Å². The van der Waals surface area contributed by atoms with E-state index in [1.807, 2.05) is 0 Å². The molecular weight excluding hydrogens is 314 g/mol. The second kappa shape index (κ2) is 5.77. The van der Waals surface area contributed by atoms with E-state index in [0.717, 1.165) is 24.5 Å². The maximum Gasteiger partial charge on any atom is 0.416 e. The average Bonchev–Trinajstić information content (AvgIpc) is 2.89. The first-order chi connectivity index (χ1) is 10.8. The van der Waals surface area contributed by atoms with Gasteiger partial charge in [-0.1, -0.05) is 12.1 Å². The van der Waals surface area contributed by atoms with E-state index in [4.69, 9.17) is 0 Å². The van der Waals surface area contributed by atoms with Crippen LogP contribution in [0.3, 0.4) is 0 Å². The van der Waals surface area contributed by atoms with Gasteiger partial charge < -0.3 is 10.0 Å². The molecule has 122 valence electrons. The molecule has 1 saturated heterocycles. The molecule has 0 radical (unpaired) electrons. The van der Waals surface area contributed by atoms with E-state index in [2.05, 4.69) is 9.97 Å². The van der Waals surface area contributed by atoms with Crippen LogP contribution in [-0.2, 0) is 6.18 Å². The van der Waals surface area contributed by atoms with Gasteiger partial charge in [-0.05, 0) is 24.1 Å². The number of hydrogen-bond acceptors (Lipinski definition) is 4. The van der Waals surface area contributed by atoms with Crippen LogP contribution in [0.15, 0.2) is 36.7 Å². The van der Waals surface area contributed by atoms with Crippen molar-refractivity contribution >= 4 is 5.95 Å². The average molecular weight is 327 g/mol. The molecule has 23 heavy (non-hydrogen) atoms. The Balaban J connectivity index is 1.95. The maximum atomic E-state index is 12.9. The van der Waals surface area contributed by atoms with Crippen LogP contribution in [0.25, 0.3) is 0 Å². The molecule has 1 aromatic carbocycles. The first-order valence-electron chi connectivity index (χ1n) is 6.94. The number of rotatable bonds is 2. The van der Waals surface area contributed by atoms with E-state index in [0.29, 0.717) is 5.56 Å². The van der Waals surface area contributed by atoms with Crippen molar-refractivity contribution in [3.63, 3.8) is 0 Å². The normalized spacial score (nSPS) is 21.7. The highest BCUT2D eigenvalue weighted by atomic mass is 19.4. The molecule has 1 fully saturated rings.